The van der Waals surface area contributed by atoms with Crippen LogP contribution >= 0.6 is 11.3 Å². The summed E-state index contributed by atoms with van der Waals surface area (Å²) in [5.41, 5.74) is 0.514. The molecule has 0 radical (unpaired) electrons. The van der Waals surface area contributed by atoms with E-state index in [1.165, 1.54) is 27.8 Å². The maximum absolute atomic E-state index is 13.2. The molecule has 0 bridgehead atoms. The maximum Gasteiger partial charge on any atom is 0.314 e. The van der Waals surface area contributed by atoms with Crippen LogP contribution in [0.4, 0.5) is 5.69 Å². The highest BCUT2D eigenvalue weighted by atomic mass is 32.2. The van der Waals surface area contributed by atoms with E-state index in [0.717, 1.165) is 0 Å². The van der Waals surface area contributed by atoms with Gasteiger partial charge in [-0.05, 0) is 72.8 Å². The summed E-state index contributed by atoms with van der Waals surface area (Å²) >= 11 is 1.34. The molecule has 1 aromatic heterocycles. The molecule has 2 heterocycles. The number of benzene rings is 3. The van der Waals surface area contributed by atoms with E-state index in [9.17, 15) is 18.0 Å². The first kappa shape index (κ1) is 26.6. The first-order chi connectivity index (χ1) is 18.9. The molecule has 39 heavy (non-hydrogen) atoms. The molecule has 8 nitrogen and oxygen atoms in total. The van der Waals surface area contributed by atoms with Gasteiger partial charge >= 0.3 is 5.97 Å². The number of para-hydroxylation sites is 1. The van der Waals surface area contributed by atoms with Gasteiger partial charge in [0.1, 0.15) is 17.2 Å². The van der Waals surface area contributed by atoms with Crippen molar-refractivity contribution in [2.45, 2.75) is 17.7 Å². The van der Waals surface area contributed by atoms with Gasteiger partial charge in [0.15, 0.2) is 0 Å². The van der Waals surface area contributed by atoms with Crippen molar-refractivity contribution in [3.63, 3.8) is 0 Å². The molecule has 3 aromatic carbocycles. The Bertz CT molecular complexity index is 1530. The molecule has 0 unspecified atom stereocenters. The van der Waals surface area contributed by atoms with Crippen LogP contribution in [0.1, 0.15) is 22.5 Å². The Hall–Kier alpha value is -3.99. The minimum absolute atomic E-state index is 0.172. The average Bonchev–Trinajstić information content (AvgIpc) is 3.50. The number of carbonyl (C=O) groups excluding carboxylic acids is 2. The summed E-state index contributed by atoms with van der Waals surface area (Å²) in [6.45, 7) is 0.419. The van der Waals surface area contributed by atoms with E-state index in [4.69, 9.17) is 9.47 Å². The molecular weight excluding hydrogens is 536 g/mol. The van der Waals surface area contributed by atoms with Gasteiger partial charge in [0, 0.05) is 24.8 Å². The van der Waals surface area contributed by atoms with Crippen LogP contribution in [0.3, 0.4) is 0 Å². The van der Waals surface area contributed by atoms with Gasteiger partial charge in [-0.2, -0.15) is 4.31 Å². The summed E-state index contributed by atoms with van der Waals surface area (Å²) in [5.74, 6) is 0.435. The predicted octanol–water partition coefficient (Wildman–Crippen LogP) is 5.80. The SMILES string of the molecule is O=C(Nc1cccc(OC(=O)C2CCN(S(=O)(=O)c3ccc(Oc4ccccc4)cc3)CC2)c1)c1cccs1. The monoisotopic (exact) mass is 562 g/mol. The van der Waals surface area contributed by atoms with Crippen molar-refractivity contribution in [1.29, 1.82) is 0 Å². The second-order valence-electron chi connectivity index (χ2n) is 8.95. The minimum atomic E-state index is -3.71. The van der Waals surface area contributed by atoms with Crippen molar-refractivity contribution < 1.29 is 27.5 Å². The molecule has 1 amide bonds. The second-order valence-corrected chi connectivity index (χ2v) is 11.8. The number of carbonyl (C=O) groups is 2. The number of esters is 1. The van der Waals surface area contributed by atoms with Gasteiger partial charge in [0.25, 0.3) is 5.91 Å². The lowest BCUT2D eigenvalue weighted by atomic mass is 9.98. The zero-order valence-electron chi connectivity index (χ0n) is 20.9. The quantitative estimate of drug-likeness (QED) is 0.215. The molecule has 1 aliphatic rings. The normalized spacial score (nSPS) is 14.5. The number of piperidine rings is 1. The van der Waals surface area contributed by atoms with Gasteiger partial charge in [-0.15, -0.1) is 11.3 Å². The van der Waals surface area contributed by atoms with Crippen molar-refractivity contribution >= 4 is 38.9 Å². The molecule has 5 rings (SSSR count). The van der Waals surface area contributed by atoms with Crippen LogP contribution in [-0.2, 0) is 14.8 Å². The standard InChI is InChI=1S/C29H26N2O6S2/c32-28(27-10-5-19-38-27)30-22-6-4-9-25(20-22)37-29(33)21-15-17-31(18-16-21)39(34,35)26-13-11-24(12-14-26)36-23-7-2-1-3-8-23/h1-14,19-21H,15-18H2,(H,30,32). The third-order valence-corrected chi connectivity index (χ3v) is 9.06. The van der Waals surface area contributed by atoms with E-state index in [-0.39, 0.29) is 23.9 Å². The van der Waals surface area contributed by atoms with E-state index in [1.807, 2.05) is 35.7 Å². The Morgan fingerprint density at radius 3 is 2.21 bits per heavy atom. The van der Waals surface area contributed by atoms with Gasteiger partial charge in [0.05, 0.1) is 15.7 Å². The van der Waals surface area contributed by atoms with Crippen LogP contribution in [0.5, 0.6) is 17.2 Å². The molecule has 1 N–H and O–H groups in total. The van der Waals surface area contributed by atoms with Crippen molar-refractivity contribution in [3.05, 3.63) is 101 Å². The third-order valence-electron chi connectivity index (χ3n) is 6.28. The number of ether oxygens (including phenoxy) is 2. The van der Waals surface area contributed by atoms with E-state index >= 15 is 0 Å². The number of sulfonamides is 1. The van der Waals surface area contributed by atoms with Gasteiger partial charge in [-0.1, -0.05) is 30.3 Å². The Labute approximate surface area is 230 Å². The Kier molecular flexibility index (Phi) is 8.06. The molecule has 200 valence electrons. The summed E-state index contributed by atoms with van der Waals surface area (Å²) in [7, 11) is -3.71. The van der Waals surface area contributed by atoms with Gasteiger partial charge in [0.2, 0.25) is 10.0 Å². The topological polar surface area (TPSA) is 102 Å². The van der Waals surface area contributed by atoms with Crippen molar-refractivity contribution in [2.75, 3.05) is 18.4 Å². The highest BCUT2D eigenvalue weighted by Crippen LogP contribution is 2.28. The average molecular weight is 563 g/mol. The van der Waals surface area contributed by atoms with Gasteiger partial charge in [-0.25, -0.2) is 8.42 Å². The molecular formula is C29H26N2O6S2. The van der Waals surface area contributed by atoms with Gasteiger partial charge in [-0.3, -0.25) is 9.59 Å². The van der Waals surface area contributed by atoms with Crippen LogP contribution in [0.15, 0.2) is 101 Å². The molecule has 1 aliphatic heterocycles. The zero-order chi connectivity index (χ0) is 27.2. The van der Waals surface area contributed by atoms with E-state index in [0.29, 0.717) is 40.7 Å². The molecule has 0 atom stereocenters. The number of hydrogen-bond donors (Lipinski definition) is 1. The fraction of sp³-hybridized carbons (Fsp3) is 0.172. The number of nitrogens with one attached hydrogen (secondary N) is 1. The van der Waals surface area contributed by atoms with Crippen LogP contribution in [0.25, 0.3) is 0 Å². The van der Waals surface area contributed by atoms with Crippen LogP contribution < -0.4 is 14.8 Å². The molecule has 0 spiro atoms. The lowest BCUT2D eigenvalue weighted by Crippen LogP contribution is -2.41. The number of rotatable bonds is 8. The van der Waals surface area contributed by atoms with E-state index in [1.54, 1.807) is 48.5 Å². The summed E-state index contributed by atoms with van der Waals surface area (Å²) in [4.78, 5) is 25.9. The lowest BCUT2D eigenvalue weighted by Gasteiger charge is -2.30. The van der Waals surface area contributed by atoms with Crippen molar-refractivity contribution in [3.8, 4) is 17.2 Å². The van der Waals surface area contributed by atoms with Crippen LogP contribution in [0, 0.1) is 5.92 Å². The third kappa shape index (κ3) is 6.54. The number of hydrogen-bond acceptors (Lipinski definition) is 7. The summed E-state index contributed by atoms with van der Waals surface area (Å²) in [5, 5.41) is 4.61. The first-order valence-electron chi connectivity index (χ1n) is 12.4. The summed E-state index contributed by atoms with van der Waals surface area (Å²) < 4.78 is 39.0. The van der Waals surface area contributed by atoms with E-state index < -0.39 is 21.9 Å². The number of thiophene rings is 1. The fourth-order valence-corrected chi connectivity index (χ4v) is 6.31. The number of amides is 1. The van der Waals surface area contributed by atoms with Crippen molar-refractivity contribution in [1.82, 2.24) is 4.31 Å². The minimum Gasteiger partial charge on any atom is -0.457 e. The highest BCUT2D eigenvalue weighted by Gasteiger charge is 2.33. The van der Waals surface area contributed by atoms with E-state index in [2.05, 4.69) is 5.32 Å². The van der Waals surface area contributed by atoms with Crippen LogP contribution in [-0.4, -0.2) is 37.7 Å². The van der Waals surface area contributed by atoms with Crippen molar-refractivity contribution in [2.24, 2.45) is 5.92 Å². The molecule has 10 heteroatoms. The Morgan fingerprint density at radius 2 is 1.51 bits per heavy atom. The number of nitrogens with zero attached hydrogens (tertiary/aromatic N) is 1. The Balaban J connectivity index is 1.15. The largest absolute Gasteiger partial charge is 0.457 e. The first-order valence-corrected chi connectivity index (χ1v) is 14.7. The molecule has 1 saturated heterocycles. The fourth-order valence-electron chi connectivity index (χ4n) is 4.22. The molecule has 1 fully saturated rings. The smallest absolute Gasteiger partial charge is 0.314 e. The number of anilines is 1. The maximum atomic E-state index is 13.2. The predicted molar refractivity (Wildman–Crippen MR) is 149 cm³/mol. The van der Waals surface area contributed by atoms with Crippen LogP contribution in [0.2, 0.25) is 0 Å². The molecule has 0 saturated carbocycles. The molecule has 0 aliphatic carbocycles. The molecule has 4 aromatic rings. The van der Waals surface area contributed by atoms with Gasteiger partial charge < -0.3 is 14.8 Å². The lowest BCUT2D eigenvalue weighted by molar-refractivity contribution is -0.140. The Morgan fingerprint density at radius 1 is 0.821 bits per heavy atom. The highest BCUT2D eigenvalue weighted by molar-refractivity contribution is 7.89. The second kappa shape index (κ2) is 11.8. The summed E-state index contributed by atoms with van der Waals surface area (Å²) in [6, 6.07) is 25.7. The zero-order valence-corrected chi connectivity index (χ0v) is 22.5. The summed E-state index contributed by atoms with van der Waals surface area (Å²) in [6.07, 6.45) is 0.699.